The van der Waals surface area contributed by atoms with E-state index < -0.39 is 0 Å². The minimum Gasteiger partial charge on any atom is -0.0654 e. The summed E-state index contributed by atoms with van der Waals surface area (Å²) in [6.45, 7) is 4.50. The molecule has 90 valence electrons. The number of unbranched alkanes of at least 4 members (excludes halogenated alkanes) is 5. The normalized spacial score (nSPS) is 10.6. The number of hydrogen-bond donors (Lipinski definition) is 0. The van der Waals surface area contributed by atoms with Gasteiger partial charge in [-0.05, 0) is 30.4 Å². The molecule has 0 aliphatic heterocycles. The largest absolute Gasteiger partial charge is 0.0654 e. The highest BCUT2D eigenvalue weighted by molar-refractivity contribution is 5.23. The highest BCUT2D eigenvalue weighted by atomic mass is 14.0. The molecule has 1 aromatic rings. The van der Waals surface area contributed by atoms with E-state index in [1.165, 1.54) is 56.1 Å². The van der Waals surface area contributed by atoms with E-state index in [2.05, 4.69) is 38.1 Å². The second-order valence-electron chi connectivity index (χ2n) is 4.69. The smallest absolute Gasteiger partial charge is 0.0279 e. The molecule has 0 nitrogen and oxygen atoms in total. The standard InChI is InChI=1S/C16H26/c1-3-5-6-7-8-9-11-16-13-10-12-15(4-2)14-16/h10,12-14H,3-9,11H2,1-2H3. The average molecular weight is 218 g/mol. The van der Waals surface area contributed by atoms with E-state index in [0.29, 0.717) is 0 Å². The van der Waals surface area contributed by atoms with Crippen LogP contribution in [0.25, 0.3) is 0 Å². The van der Waals surface area contributed by atoms with Gasteiger partial charge in [-0.1, -0.05) is 70.2 Å². The van der Waals surface area contributed by atoms with Gasteiger partial charge in [0.1, 0.15) is 0 Å². The van der Waals surface area contributed by atoms with Crippen molar-refractivity contribution < 1.29 is 0 Å². The van der Waals surface area contributed by atoms with Gasteiger partial charge < -0.3 is 0 Å². The third-order valence-corrected chi connectivity index (χ3v) is 3.22. The lowest BCUT2D eigenvalue weighted by atomic mass is 10.0. The average Bonchev–Trinajstić information content (AvgIpc) is 2.34. The number of aryl methyl sites for hydroxylation is 2. The van der Waals surface area contributed by atoms with Crippen molar-refractivity contribution in [3.05, 3.63) is 35.4 Å². The molecule has 0 spiro atoms. The molecule has 1 aromatic carbocycles. The fourth-order valence-corrected chi connectivity index (χ4v) is 2.11. The molecule has 0 bridgehead atoms. The maximum absolute atomic E-state index is 2.37. The molecule has 16 heavy (non-hydrogen) atoms. The van der Waals surface area contributed by atoms with E-state index in [4.69, 9.17) is 0 Å². The van der Waals surface area contributed by atoms with Crippen LogP contribution in [0.2, 0.25) is 0 Å². The van der Waals surface area contributed by atoms with Crippen LogP contribution in [-0.2, 0) is 12.8 Å². The molecule has 0 amide bonds. The zero-order valence-electron chi connectivity index (χ0n) is 11.0. The molecule has 0 radical (unpaired) electrons. The summed E-state index contributed by atoms with van der Waals surface area (Å²) < 4.78 is 0. The molecule has 0 N–H and O–H groups in total. The lowest BCUT2D eigenvalue weighted by molar-refractivity contribution is 0.607. The van der Waals surface area contributed by atoms with Crippen molar-refractivity contribution in [2.75, 3.05) is 0 Å². The first-order chi connectivity index (χ1) is 7.86. The van der Waals surface area contributed by atoms with Gasteiger partial charge in [0.15, 0.2) is 0 Å². The van der Waals surface area contributed by atoms with Crippen molar-refractivity contribution in [3.63, 3.8) is 0 Å². The van der Waals surface area contributed by atoms with E-state index in [1.54, 1.807) is 0 Å². The van der Waals surface area contributed by atoms with Crippen LogP contribution >= 0.6 is 0 Å². The Morgan fingerprint density at radius 2 is 1.50 bits per heavy atom. The molecule has 0 aliphatic carbocycles. The molecule has 0 atom stereocenters. The number of hydrogen-bond acceptors (Lipinski definition) is 0. The fourth-order valence-electron chi connectivity index (χ4n) is 2.11. The zero-order valence-corrected chi connectivity index (χ0v) is 11.0. The third kappa shape index (κ3) is 5.34. The van der Waals surface area contributed by atoms with Crippen LogP contribution in [0.1, 0.15) is 63.5 Å². The first-order valence-corrected chi connectivity index (χ1v) is 6.94. The first kappa shape index (κ1) is 13.3. The van der Waals surface area contributed by atoms with E-state index in [0.717, 1.165) is 6.42 Å². The van der Waals surface area contributed by atoms with E-state index in [1.807, 2.05) is 0 Å². The van der Waals surface area contributed by atoms with Crippen molar-refractivity contribution in [1.82, 2.24) is 0 Å². The summed E-state index contributed by atoms with van der Waals surface area (Å²) in [7, 11) is 0. The first-order valence-electron chi connectivity index (χ1n) is 6.94. The Hall–Kier alpha value is -0.780. The Morgan fingerprint density at radius 3 is 2.25 bits per heavy atom. The van der Waals surface area contributed by atoms with Gasteiger partial charge >= 0.3 is 0 Å². The van der Waals surface area contributed by atoms with Crippen molar-refractivity contribution in [2.24, 2.45) is 0 Å². The van der Waals surface area contributed by atoms with Gasteiger partial charge in [0.25, 0.3) is 0 Å². The summed E-state index contributed by atoms with van der Waals surface area (Å²) >= 11 is 0. The molecule has 0 unspecified atom stereocenters. The minimum absolute atomic E-state index is 1.16. The van der Waals surface area contributed by atoms with E-state index in [9.17, 15) is 0 Å². The summed E-state index contributed by atoms with van der Waals surface area (Å²) in [5.74, 6) is 0. The van der Waals surface area contributed by atoms with Crippen molar-refractivity contribution in [3.8, 4) is 0 Å². The monoisotopic (exact) mass is 218 g/mol. The maximum Gasteiger partial charge on any atom is -0.0279 e. The van der Waals surface area contributed by atoms with Crippen LogP contribution in [0.4, 0.5) is 0 Å². The summed E-state index contributed by atoms with van der Waals surface area (Å²) in [4.78, 5) is 0. The van der Waals surface area contributed by atoms with Gasteiger partial charge in [-0.3, -0.25) is 0 Å². The van der Waals surface area contributed by atoms with Gasteiger partial charge in [0.2, 0.25) is 0 Å². The Kier molecular flexibility index (Phi) is 6.96. The maximum atomic E-state index is 2.37. The van der Waals surface area contributed by atoms with Crippen LogP contribution in [0.5, 0.6) is 0 Å². The predicted octanol–water partition coefficient (Wildman–Crippen LogP) is 5.15. The number of benzene rings is 1. The summed E-state index contributed by atoms with van der Waals surface area (Å²) in [5, 5.41) is 0. The van der Waals surface area contributed by atoms with E-state index >= 15 is 0 Å². The summed E-state index contributed by atoms with van der Waals surface area (Å²) in [5.41, 5.74) is 3.00. The lowest BCUT2D eigenvalue weighted by Gasteiger charge is -2.04. The highest BCUT2D eigenvalue weighted by Gasteiger charge is 1.95. The second-order valence-corrected chi connectivity index (χ2v) is 4.69. The van der Waals surface area contributed by atoms with Crippen molar-refractivity contribution in [2.45, 2.75) is 65.2 Å². The van der Waals surface area contributed by atoms with Crippen molar-refractivity contribution >= 4 is 0 Å². The number of rotatable bonds is 8. The molecular weight excluding hydrogens is 192 g/mol. The molecule has 0 aliphatic rings. The molecule has 0 heterocycles. The van der Waals surface area contributed by atoms with E-state index in [-0.39, 0.29) is 0 Å². The van der Waals surface area contributed by atoms with Crippen molar-refractivity contribution in [1.29, 1.82) is 0 Å². The zero-order chi connectivity index (χ0) is 11.6. The lowest BCUT2D eigenvalue weighted by Crippen LogP contribution is -1.88. The third-order valence-electron chi connectivity index (χ3n) is 3.22. The van der Waals surface area contributed by atoms with Gasteiger partial charge in [-0.25, -0.2) is 0 Å². The summed E-state index contributed by atoms with van der Waals surface area (Å²) in [6, 6.07) is 9.06. The molecule has 0 heteroatoms. The minimum atomic E-state index is 1.16. The SMILES string of the molecule is CCCCCCCCc1cccc(CC)c1. The van der Waals surface area contributed by atoms with Crippen LogP contribution < -0.4 is 0 Å². The Bertz CT molecular complexity index is 275. The molecule has 0 saturated carbocycles. The van der Waals surface area contributed by atoms with Crippen LogP contribution in [0.15, 0.2) is 24.3 Å². The van der Waals surface area contributed by atoms with Gasteiger partial charge in [-0.2, -0.15) is 0 Å². The second kappa shape index (κ2) is 8.38. The molecular formula is C16H26. The topological polar surface area (TPSA) is 0 Å². The van der Waals surface area contributed by atoms with Gasteiger partial charge in [-0.15, -0.1) is 0 Å². The Labute approximate surface area is 101 Å². The van der Waals surface area contributed by atoms with Crippen LogP contribution in [0, 0.1) is 0 Å². The molecule has 0 saturated heterocycles. The van der Waals surface area contributed by atoms with Crippen LogP contribution in [-0.4, -0.2) is 0 Å². The molecule has 0 aromatic heterocycles. The van der Waals surface area contributed by atoms with Crippen LogP contribution in [0.3, 0.4) is 0 Å². The molecule has 0 fully saturated rings. The highest BCUT2D eigenvalue weighted by Crippen LogP contribution is 2.11. The fraction of sp³-hybridized carbons (Fsp3) is 0.625. The quantitative estimate of drug-likeness (QED) is 0.529. The van der Waals surface area contributed by atoms with Gasteiger partial charge in [0.05, 0.1) is 0 Å². The summed E-state index contributed by atoms with van der Waals surface area (Å²) in [6.07, 6.45) is 10.8. The Balaban J connectivity index is 2.16. The Morgan fingerprint density at radius 1 is 0.812 bits per heavy atom. The molecule has 1 rings (SSSR count). The van der Waals surface area contributed by atoms with Gasteiger partial charge in [0, 0.05) is 0 Å². The predicted molar refractivity (Wildman–Crippen MR) is 72.9 cm³/mol.